The molecule has 1 saturated carbocycles. The van der Waals surface area contributed by atoms with Gasteiger partial charge in [-0.05, 0) is 56.9 Å². The van der Waals surface area contributed by atoms with Gasteiger partial charge in [-0.2, -0.15) is 0 Å². The number of aromatic nitrogens is 3. The first-order chi connectivity index (χ1) is 14.1. The van der Waals surface area contributed by atoms with E-state index in [9.17, 15) is 4.79 Å². The molecule has 3 rings (SSSR count). The zero-order chi connectivity index (χ0) is 20.6. The fourth-order valence-electron chi connectivity index (χ4n) is 3.62. The summed E-state index contributed by atoms with van der Waals surface area (Å²) in [5.41, 5.74) is 2.45. The molecule has 0 bridgehead atoms. The molecule has 2 aromatic rings. The van der Waals surface area contributed by atoms with Crippen molar-refractivity contribution in [2.45, 2.75) is 83.6 Å². The lowest BCUT2D eigenvalue weighted by molar-refractivity contribution is -0.119. The van der Waals surface area contributed by atoms with Gasteiger partial charge in [-0.1, -0.05) is 43.5 Å². The van der Waals surface area contributed by atoms with Crippen LogP contribution in [0.1, 0.15) is 62.4 Å². The topological polar surface area (TPSA) is 69.0 Å². The van der Waals surface area contributed by atoms with E-state index in [1.807, 2.05) is 16.7 Å². The second-order valence-electron chi connectivity index (χ2n) is 7.72. The maximum Gasteiger partial charge on any atom is 0.230 e. The molecular formula is C22H32N4O2S. The SMILES string of the molecule is CCn1c(COc2ccc(C)c(C)c2)nnc1SCC(=O)NC1CCCCCC1. The number of thioether (sulfide) groups is 1. The number of hydrogen-bond acceptors (Lipinski definition) is 5. The minimum atomic E-state index is 0.0838. The van der Waals surface area contributed by atoms with Crippen molar-refractivity contribution in [3.05, 3.63) is 35.2 Å². The van der Waals surface area contributed by atoms with Gasteiger partial charge >= 0.3 is 0 Å². The van der Waals surface area contributed by atoms with Crippen molar-refractivity contribution in [2.75, 3.05) is 5.75 Å². The molecule has 1 aliphatic rings. The lowest BCUT2D eigenvalue weighted by Gasteiger charge is -2.16. The van der Waals surface area contributed by atoms with Crippen LogP contribution >= 0.6 is 11.8 Å². The van der Waals surface area contributed by atoms with Gasteiger partial charge < -0.3 is 14.6 Å². The predicted octanol–water partition coefficient (Wildman–Crippen LogP) is 4.42. The monoisotopic (exact) mass is 416 g/mol. The van der Waals surface area contributed by atoms with Gasteiger partial charge in [0.1, 0.15) is 12.4 Å². The molecule has 7 heteroatoms. The largest absolute Gasteiger partial charge is 0.486 e. The molecule has 0 saturated heterocycles. The Kier molecular flexibility index (Phi) is 7.98. The highest BCUT2D eigenvalue weighted by atomic mass is 32.2. The van der Waals surface area contributed by atoms with Crippen molar-refractivity contribution in [3.63, 3.8) is 0 Å². The van der Waals surface area contributed by atoms with E-state index in [1.165, 1.54) is 48.6 Å². The summed E-state index contributed by atoms with van der Waals surface area (Å²) in [7, 11) is 0. The summed E-state index contributed by atoms with van der Waals surface area (Å²) < 4.78 is 7.93. The molecule has 1 amide bonds. The molecule has 29 heavy (non-hydrogen) atoms. The quantitative estimate of drug-likeness (QED) is 0.509. The number of benzene rings is 1. The van der Waals surface area contributed by atoms with E-state index in [0.717, 1.165) is 36.1 Å². The number of ether oxygens (including phenoxy) is 1. The van der Waals surface area contributed by atoms with Crippen molar-refractivity contribution in [1.82, 2.24) is 20.1 Å². The molecule has 1 aromatic heterocycles. The number of rotatable bonds is 8. The van der Waals surface area contributed by atoms with Crippen LogP contribution in [0.2, 0.25) is 0 Å². The summed E-state index contributed by atoms with van der Waals surface area (Å²) >= 11 is 1.44. The summed E-state index contributed by atoms with van der Waals surface area (Å²) in [5, 5.41) is 12.5. The third-order valence-corrected chi connectivity index (χ3v) is 6.48. The number of amides is 1. The van der Waals surface area contributed by atoms with Crippen LogP contribution in [0.4, 0.5) is 0 Å². The molecular weight excluding hydrogens is 384 g/mol. The fourth-order valence-corrected chi connectivity index (χ4v) is 4.46. The van der Waals surface area contributed by atoms with Crippen LogP contribution in [-0.4, -0.2) is 32.5 Å². The zero-order valence-corrected chi connectivity index (χ0v) is 18.6. The number of nitrogens with one attached hydrogen (secondary N) is 1. The molecule has 0 aliphatic heterocycles. The van der Waals surface area contributed by atoms with Crippen LogP contribution in [0.25, 0.3) is 0 Å². The first-order valence-electron chi connectivity index (χ1n) is 10.6. The Morgan fingerprint density at radius 1 is 1.17 bits per heavy atom. The highest BCUT2D eigenvalue weighted by molar-refractivity contribution is 7.99. The third kappa shape index (κ3) is 6.23. The first-order valence-corrected chi connectivity index (χ1v) is 11.6. The average Bonchev–Trinajstić information content (AvgIpc) is 2.92. The molecule has 0 spiro atoms. The smallest absolute Gasteiger partial charge is 0.230 e. The van der Waals surface area contributed by atoms with Crippen LogP contribution in [0.15, 0.2) is 23.4 Å². The number of carbonyl (C=O) groups excluding carboxylic acids is 1. The number of nitrogens with zero attached hydrogens (tertiary/aromatic N) is 3. The maximum atomic E-state index is 12.4. The van der Waals surface area contributed by atoms with E-state index >= 15 is 0 Å². The molecule has 1 aliphatic carbocycles. The standard InChI is InChI=1S/C22H32N4O2S/c1-4-26-20(14-28-19-12-11-16(2)17(3)13-19)24-25-22(26)29-15-21(27)23-18-9-7-5-6-8-10-18/h11-13,18H,4-10,14-15H2,1-3H3,(H,23,27). The normalized spacial score (nSPS) is 15.1. The van der Waals surface area contributed by atoms with E-state index in [4.69, 9.17) is 4.74 Å². The van der Waals surface area contributed by atoms with Crippen molar-refractivity contribution >= 4 is 17.7 Å². The Labute approximate surface area is 177 Å². The van der Waals surface area contributed by atoms with Crippen LogP contribution < -0.4 is 10.1 Å². The minimum absolute atomic E-state index is 0.0838. The van der Waals surface area contributed by atoms with Crippen LogP contribution in [0.5, 0.6) is 5.75 Å². The molecule has 0 atom stereocenters. The van der Waals surface area contributed by atoms with Gasteiger partial charge in [0, 0.05) is 12.6 Å². The minimum Gasteiger partial charge on any atom is -0.486 e. The second kappa shape index (κ2) is 10.7. The van der Waals surface area contributed by atoms with Gasteiger partial charge in [-0.25, -0.2) is 0 Å². The Balaban J connectivity index is 1.53. The van der Waals surface area contributed by atoms with E-state index < -0.39 is 0 Å². The lowest BCUT2D eigenvalue weighted by Crippen LogP contribution is -2.35. The Hall–Kier alpha value is -2.02. The molecule has 6 nitrogen and oxygen atoms in total. The Bertz CT molecular complexity index is 813. The summed E-state index contributed by atoms with van der Waals surface area (Å²) in [4.78, 5) is 12.4. The van der Waals surface area contributed by atoms with Gasteiger partial charge in [0.2, 0.25) is 5.91 Å². The molecule has 0 radical (unpaired) electrons. The number of aryl methyl sites for hydroxylation is 2. The van der Waals surface area contributed by atoms with Crippen LogP contribution in [-0.2, 0) is 17.9 Å². The van der Waals surface area contributed by atoms with Crippen LogP contribution in [0.3, 0.4) is 0 Å². The van der Waals surface area contributed by atoms with Gasteiger partial charge in [-0.15, -0.1) is 10.2 Å². The lowest BCUT2D eigenvalue weighted by atomic mass is 10.1. The van der Waals surface area contributed by atoms with Gasteiger partial charge in [0.15, 0.2) is 11.0 Å². The highest BCUT2D eigenvalue weighted by Crippen LogP contribution is 2.21. The van der Waals surface area contributed by atoms with Gasteiger partial charge in [0.25, 0.3) is 0 Å². The molecule has 1 fully saturated rings. The summed E-state index contributed by atoms with van der Waals surface area (Å²) in [5.74, 6) is 2.06. The van der Waals surface area contributed by atoms with Crippen LogP contribution in [0, 0.1) is 13.8 Å². The molecule has 1 heterocycles. The van der Waals surface area contributed by atoms with Crippen molar-refractivity contribution in [1.29, 1.82) is 0 Å². The fraction of sp³-hybridized carbons (Fsp3) is 0.591. The number of hydrogen-bond donors (Lipinski definition) is 1. The van der Waals surface area contributed by atoms with Crippen molar-refractivity contribution in [2.24, 2.45) is 0 Å². The Morgan fingerprint density at radius 3 is 2.62 bits per heavy atom. The predicted molar refractivity (Wildman–Crippen MR) is 116 cm³/mol. The van der Waals surface area contributed by atoms with Crippen molar-refractivity contribution in [3.8, 4) is 5.75 Å². The molecule has 158 valence electrons. The first kappa shape index (κ1) is 21.7. The highest BCUT2D eigenvalue weighted by Gasteiger charge is 2.17. The number of carbonyl (C=O) groups is 1. The zero-order valence-electron chi connectivity index (χ0n) is 17.7. The van der Waals surface area contributed by atoms with Gasteiger partial charge in [0.05, 0.1) is 5.75 Å². The Morgan fingerprint density at radius 2 is 1.93 bits per heavy atom. The van der Waals surface area contributed by atoms with E-state index in [1.54, 1.807) is 0 Å². The van der Waals surface area contributed by atoms with E-state index in [-0.39, 0.29) is 5.91 Å². The van der Waals surface area contributed by atoms with E-state index in [2.05, 4.69) is 42.4 Å². The summed E-state index contributed by atoms with van der Waals surface area (Å²) in [6.07, 6.45) is 7.20. The summed E-state index contributed by atoms with van der Waals surface area (Å²) in [6.45, 7) is 7.32. The molecule has 0 unspecified atom stereocenters. The van der Waals surface area contributed by atoms with E-state index in [0.29, 0.717) is 18.4 Å². The maximum absolute atomic E-state index is 12.4. The third-order valence-electron chi connectivity index (χ3n) is 5.51. The van der Waals surface area contributed by atoms with Crippen molar-refractivity contribution < 1.29 is 9.53 Å². The molecule has 1 N–H and O–H groups in total. The second-order valence-corrected chi connectivity index (χ2v) is 8.66. The molecule has 1 aromatic carbocycles. The summed E-state index contributed by atoms with van der Waals surface area (Å²) in [6, 6.07) is 6.40. The average molecular weight is 417 g/mol. The van der Waals surface area contributed by atoms with Gasteiger partial charge in [-0.3, -0.25) is 4.79 Å².